The maximum Gasteiger partial charge on any atom is 0.325 e. The maximum atomic E-state index is 12.9. The Balaban J connectivity index is 1.60. The molecule has 0 radical (unpaired) electrons. The van der Waals surface area contributed by atoms with Crippen molar-refractivity contribution in [1.82, 2.24) is 15.5 Å². The summed E-state index contributed by atoms with van der Waals surface area (Å²) in [6, 6.07) is 4.86. The van der Waals surface area contributed by atoms with Crippen LogP contribution in [0.25, 0.3) is 0 Å². The van der Waals surface area contributed by atoms with E-state index in [1.165, 1.54) is 0 Å². The van der Waals surface area contributed by atoms with Crippen LogP contribution in [0.15, 0.2) is 18.2 Å². The van der Waals surface area contributed by atoms with Crippen molar-refractivity contribution >= 4 is 17.8 Å². The van der Waals surface area contributed by atoms with Crippen molar-refractivity contribution in [3.8, 4) is 11.5 Å². The molecule has 4 amide bonds. The van der Waals surface area contributed by atoms with Crippen molar-refractivity contribution in [2.75, 3.05) is 13.3 Å². The van der Waals surface area contributed by atoms with Crippen LogP contribution in [-0.4, -0.2) is 47.7 Å². The molecular formula is C21H29N3O5. The van der Waals surface area contributed by atoms with Crippen LogP contribution < -0.4 is 20.1 Å². The molecule has 1 aromatic rings. The number of ether oxygens (including phenoxy) is 2. The van der Waals surface area contributed by atoms with E-state index in [4.69, 9.17) is 9.47 Å². The van der Waals surface area contributed by atoms with Crippen molar-refractivity contribution in [3.05, 3.63) is 23.8 Å². The van der Waals surface area contributed by atoms with Gasteiger partial charge < -0.3 is 20.1 Å². The van der Waals surface area contributed by atoms with Crippen molar-refractivity contribution in [2.45, 2.75) is 58.5 Å². The fraction of sp³-hybridized carbons (Fsp3) is 0.571. The average molecular weight is 403 g/mol. The molecule has 0 bridgehead atoms. The quantitative estimate of drug-likeness (QED) is 0.649. The summed E-state index contributed by atoms with van der Waals surface area (Å²) in [5.74, 6) is 1.08. The number of fused-ring (bicyclic) bond motifs is 1. The third-order valence-electron chi connectivity index (χ3n) is 5.23. The molecule has 2 heterocycles. The SMILES string of the molecule is CC(C)CC[C@@H](C)NC(=O)CN1C(=O)N[C@@](C)(Cc2ccc3c(c2)OCO3)C1=O. The summed E-state index contributed by atoms with van der Waals surface area (Å²) in [5.41, 5.74) is -0.284. The summed E-state index contributed by atoms with van der Waals surface area (Å²) < 4.78 is 10.7. The van der Waals surface area contributed by atoms with E-state index in [0.29, 0.717) is 17.4 Å². The molecule has 8 nitrogen and oxygen atoms in total. The largest absolute Gasteiger partial charge is 0.454 e. The lowest BCUT2D eigenvalue weighted by atomic mass is 9.92. The maximum absolute atomic E-state index is 12.9. The average Bonchev–Trinajstić information content (AvgIpc) is 3.18. The number of carbonyl (C=O) groups is 3. The normalized spacial score (nSPS) is 21.5. The first kappa shape index (κ1) is 21.0. The van der Waals surface area contributed by atoms with E-state index in [1.54, 1.807) is 19.1 Å². The zero-order valence-electron chi connectivity index (χ0n) is 17.4. The van der Waals surface area contributed by atoms with Crippen molar-refractivity contribution < 1.29 is 23.9 Å². The Hall–Kier alpha value is -2.77. The van der Waals surface area contributed by atoms with Gasteiger partial charge in [0.15, 0.2) is 11.5 Å². The summed E-state index contributed by atoms with van der Waals surface area (Å²) in [5, 5.41) is 5.60. The first-order valence-corrected chi connectivity index (χ1v) is 10.00. The molecule has 2 aliphatic rings. The van der Waals surface area contributed by atoms with Gasteiger partial charge in [-0.15, -0.1) is 0 Å². The van der Waals surface area contributed by atoms with E-state index in [1.807, 2.05) is 13.0 Å². The van der Waals surface area contributed by atoms with Crippen molar-refractivity contribution in [1.29, 1.82) is 0 Å². The molecule has 0 aliphatic carbocycles. The Morgan fingerprint density at radius 2 is 1.93 bits per heavy atom. The first-order chi connectivity index (χ1) is 13.7. The topological polar surface area (TPSA) is 97.0 Å². The zero-order chi connectivity index (χ0) is 21.2. The minimum atomic E-state index is -1.12. The summed E-state index contributed by atoms with van der Waals surface area (Å²) in [6.45, 7) is 7.74. The lowest BCUT2D eigenvalue weighted by molar-refractivity contribution is -0.134. The molecule has 8 heteroatoms. The van der Waals surface area contributed by atoms with E-state index in [-0.39, 0.29) is 31.7 Å². The van der Waals surface area contributed by atoms with Crippen molar-refractivity contribution in [3.63, 3.8) is 0 Å². The first-order valence-electron chi connectivity index (χ1n) is 10.00. The highest BCUT2D eigenvalue weighted by atomic mass is 16.7. The van der Waals surface area contributed by atoms with Gasteiger partial charge in [-0.2, -0.15) is 0 Å². The minimum Gasteiger partial charge on any atom is -0.454 e. The second-order valence-corrected chi connectivity index (χ2v) is 8.46. The van der Waals surface area contributed by atoms with Crippen molar-refractivity contribution in [2.24, 2.45) is 5.92 Å². The highest BCUT2D eigenvalue weighted by Gasteiger charge is 2.48. The standard InChI is InChI=1S/C21H29N3O5/c1-13(2)5-6-14(3)22-18(25)11-24-19(26)21(4,23-20(24)27)10-15-7-8-16-17(9-15)29-12-28-16/h7-9,13-14H,5-6,10-12H2,1-4H3,(H,22,25)(H,23,27)/t14-,21+/m1/s1. The fourth-order valence-electron chi connectivity index (χ4n) is 3.59. The Morgan fingerprint density at radius 1 is 1.21 bits per heavy atom. The van der Waals surface area contributed by atoms with Crippen LogP contribution in [0.2, 0.25) is 0 Å². The molecule has 3 rings (SSSR count). The van der Waals surface area contributed by atoms with E-state index >= 15 is 0 Å². The second kappa shape index (κ2) is 8.31. The van der Waals surface area contributed by atoms with E-state index < -0.39 is 17.5 Å². The molecule has 2 N–H and O–H groups in total. The van der Waals surface area contributed by atoms with Gasteiger partial charge in [0.05, 0.1) is 0 Å². The highest BCUT2D eigenvalue weighted by Crippen LogP contribution is 2.34. The molecule has 1 fully saturated rings. The molecule has 1 aromatic carbocycles. The third-order valence-corrected chi connectivity index (χ3v) is 5.23. The highest BCUT2D eigenvalue weighted by molar-refractivity contribution is 6.08. The van der Waals surface area contributed by atoms with Gasteiger partial charge in [-0.3, -0.25) is 14.5 Å². The zero-order valence-corrected chi connectivity index (χ0v) is 17.4. The molecule has 0 unspecified atom stereocenters. The monoisotopic (exact) mass is 403 g/mol. The van der Waals surface area contributed by atoms with Crippen LogP contribution in [0.5, 0.6) is 11.5 Å². The molecule has 0 spiro atoms. The smallest absolute Gasteiger partial charge is 0.325 e. The van der Waals surface area contributed by atoms with Crippen LogP contribution in [0.1, 0.15) is 46.1 Å². The van der Waals surface area contributed by atoms with Gasteiger partial charge in [0.2, 0.25) is 12.7 Å². The predicted molar refractivity (Wildman–Crippen MR) is 107 cm³/mol. The molecule has 158 valence electrons. The number of rotatable bonds is 8. The Labute approximate surface area is 170 Å². The number of imide groups is 1. The van der Waals surface area contributed by atoms with E-state index in [9.17, 15) is 14.4 Å². The lowest BCUT2D eigenvalue weighted by Gasteiger charge is -2.22. The molecule has 29 heavy (non-hydrogen) atoms. The number of amides is 4. The summed E-state index contributed by atoms with van der Waals surface area (Å²) in [4.78, 5) is 38.6. The van der Waals surface area contributed by atoms with Gasteiger partial charge in [0.25, 0.3) is 5.91 Å². The summed E-state index contributed by atoms with van der Waals surface area (Å²) in [6.07, 6.45) is 2.14. The Kier molecular flexibility index (Phi) is 6.00. The van der Waals surface area contributed by atoms with Crippen LogP contribution >= 0.6 is 0 Å². The summed E-state index contributed by atoms with van der Waals surface area (Å²) in [7, 11) is 0. The lowest BCUT2D eigenvalue weighted by Crippen LogP contribution is -2.47. The number of hydrogen-bond donors (Lipinski definition) is 2. The van der Waals surface area contributed by atoms with Crippen LogP contribution in [0.3, 0.4) is 0 Å². The Morgan fingerprint density at radius 3 is 2.66 bits per heavy atom. The predicted octanol–water partition coefficient (Wildman–Crippen LogP) is 2.21. The molecular weight excluding hydrogens is 374 g/mol. The number of hydrogen-bond acceptors (Lipinski definition) is 5. The fourth-order valence-corrected chi connectivity index (χ4v) is 3.59. The van der Waals surface area contributed by atoms with E-state index in [2.05, 4.69) is 24.5 Å². The number of urea groups is 1. The number of benzene rings is 1. The van der Waals surface area contributed by atoms with Gasteiger partial charge in [-0.1, -0.05) is 19.9 Å². The minimum absolute atomic E-state index is 0.00863. The molecule has 2 atom stereocenters. The third kappa shape index (κ3) is 4.81. The second-order valence-electron chi connectivity index (χ2n) is 8.46. The van der Waals surface area contributed by atoms with Crippen LogP contribution in [0.4, 0.5) is 4.79 Å². The van der Waals surface area contributed by atoms with Gasteiger partial charge in [-0.05, 0) is 50.3 Å². The molecule has 1 saturated heterocycles. The van der Waals surface area contributed by atoms with Gasteiger partial charge >= 0.3 is 6.03 Å². The van der Waals surface area contributed by atoms with Gasteiger partial charge in [-0.25, -0.2) is 4.79 Å². The molecule has 0 aromatic heterocycles. The van der Waals surface area contributed by atoms with E-state index in [0.717, 1.165) is 23.3 Å². The molecule has 2 aliphatic heterocycles. The number of nitrogens with one attached hydrogen (secondary N) is 2. The van der Waals surface area contributed by atoms with Crippen LogP contribution in [0, 0.1) is 5.92 Å². The van der Waals surface area contributed by atoms with Crippen LogP contribution in [-0.2, 0) is 16.0 Å². The van der Waals surface area contributed by atoms with Gasteiger partial charge in [0, 0.05) is 12.5 Å². The molecule has 0 saturated carbocycles. The number of nitrogens with zero attached hydrogens (tertiary/aromatic N) is 1. The van der Waals surface area contributed by atoms with Gasteiger partial charge in [0.1, 0.15) is 12.1 Å². The summed E-state index contributed by atoms with van der Waals surface area (Å²) >= 11 is 0. The number of carbonyl (C=O) groups excluding carboxylic acids is 3. The Bertz CT molecular complexity index is 810.